The Balaban J connectivity index is 1.95. The highest BCUT2D eigenvalue weighted by molar-refractivity contribution is 7.91. The van der Waals surface area contributed by atoms with Crippen molar-refractivity contribution in [3.63, 3.8) is 0 Å². The molecular weight excluding hydrogens is 341 g/mol. The summed E-state index contributed by atoms with van der Waals surface area (Å²) in [7, 11) is -1.77. The van der Waals surface area contributed by atoms with Crippen molar-refractivity contribution in [2.75, 3.05) is 18.6 Å². The van der Waals surface area contributed by atoms with Crippen LogP contribution in [0.5, 0.6) is 5.75 Å². The van der Waals surface area contributed by atoms with Gasteiger partial charge < -0.3 is 14.8 Å². The molecule has 1 aliphatic rings. The first-order valence-electron chi connectivity index (χ1n) is 7.27. The lowest BCUT2D eigenvalue weighted by molar-refractivity contribution is -0.129. The summed E-state index contributed by atoms with van der Waals surface area (Å²) in [6.07, 6.45) is -0.857. The van der Waals surface area contributed by atoms with Gasteiger partial charge in [-0.3, -0.25) is 4.79 Å². The van der Waals surface area contributed by atoms with Gasteiger partial charge in [-0.15, -0.1) is 0 Å². The van der Waals surface area contributed by atoms with Gasteiger partial charge in [0.05, 0.1) is 24.2 Å². The van der Waals surface area contributed by atoms with Gasteiger partial charge in [0, 0.05) is 12.1 Å². The number of esters is 1. The van der Waals surface area contributed by atoms with Crippen LogP contribution in [0.15, 0.2) is 18.2 Å². The molecule has 1 fully saturated rings. The summed E-state index contributed by atoms with van der Waals surface area (Å²) >= 11 is 0. The Morgan fingerprint density at radius 2 is 2.08 bits per heavy atom. The first-order chi connectivity index (χ1) is 11.2. The van der Waals surface area contributed by atoms with Crippen molar-refractivity contribution >= 4 is 21.7 Å². The van der Waals surface area contributed by atoms with Crippen LogP contribution in [-0.4, -0.2) is 51.1 Å². The van der Waals surface area contributed by atoms with E-state index in [1.807, 2.05) is 0 Å². The van der Waals surface area contributed by atoms with Crippen molar-refractivity contribution in [2.45, 2.75) is 25.5 Å². The Kier molecular flexibility index (Phi) is 5.43. The van der Waals surface area contributed by atoms with Crippen LogP contribution < -0.4 is 10.1 Å². The third kappa shape index (κ3) is 4.44. The smallest absolute Gasteiger partial charge is 0.341 e. The number of methoxy groups -OCH3 is 1. The van der Waals surface area contributed by atoms with E-state index in [1.165, 1.54) is 26.2 Å². The summed E-state index contributed by atoms with van der Waals surface area (Å²) in [4.78, 5) is 23.9. The Morgan fingerprint density at radius 1 is 1.38 bits per heavy atom. The summed E-state index contributed by atoms with van der Waals surface area (Å²) in [5.41, 5.74) is -0.320. The number of carbonyl (C=O) groups excluding carboxylic acids is 2. The largest absolute Gasteiger partial charge is 0.497 e. The molecule has 0 radical (unpaired) electrons. The van der Waals surface area contributed by atoms with Crippen LogP contribution in [0, 0.1) is 5.82 Å². The first kappa shape index (κ1) is 18.2. The first-order valence-corrected chi connectivity index (χ1v) is 9.09. The zero-order chi connectivity index (χ0) is 17.9. The minimum atomic E-state index is -3.13. The topological polar surface area (TPSA) is 98.8 Å². The van der Waals surface area contributed by atoms with Crippen molar-refractivity contribution in [2.24, 2.45) is 0 Å². The van der Waals surface area contributed by atoms with Gasteiger partial charge in [-0.1, -0.05) is 0 Å². The second-order valence-corrected chi connectivity index (χ2v) is 7.73. The van der Waals surface area contributed by atoms with E-state index in [1.54, 1.807) is 0 Å². The number of hydrogen-bond acceptors (Lipinski definition) is 6. The molecule has 0 spiro atoms. The predicted octanol–water partition coefficient (Wildman–Crippen LogP) is 0.683. The quantitative estimate of drug-likeness (QED) is 0.777. The molecule has 0 bridgehead atoms. The Morgan fingerprint density at radius 3 is 2.62 bits per heavy atom. The molecule has 9 heteroatoms. The molecule has 1 heterocycles. The fourth-order valence-electron chi connectivity index (χ4n) is 2.29. The minimum Gasteiger partial charge on any atom is -0.497 e. The summed E-state index contributed by atoms with van der Waals surface area (Å²) in [6.45, 7) is 1.33. The normalized spacial score (nSPS) is 20.2. The van der Waals surface area contributed by atoms with Gasteiger partial charge in [0.25, 0.3) is 5.91 Å². The van der Waals surface area contributed by atoms with Gasteiger partial charge in [0.15, 0.2) is 15.9 Å². The van der Waals surface area contributed by atoms with Gasteiger partial charge in [-0.25, -0.2) is 17.6 Å². The molecule has 132 valence electrons. The monoisotopic (exact) mass is 359 g/mol. The van der Waals surface area contributed by atoms with E-state index >= 15 is 0 Å². The van der Waals surface area contributed by atoms with Crippen LogP contribution in [-0.2, 0) is 19.4 Å². The Hall–Kier alpha value is -2.16. The molecule has 0 aromatic heterocycles. The molecule has 1 amide bonds. The average Bonchev–Trinajstić information content (AvgIpc) is 2.85. The predicted molar refractivity (Wildman–Crippen MR) is 83.0 cm³/mol. The van der Waals surface area contributed by atoms with Crippen LogP contribution in [0.2, 0.25) is 0 Å². The number of halogens is 1. The molecule has 2 rings (SSSR count). The van der Waals surface area contributed by atoms with Crippen molar-refractivity contribution in [3.8, 4) is 5.75 Å². The number of benzene rings is 1. The van der Waals surface area contributed by atoms with Crippen molar-refractivity contribution < 1.29 is 31.9 Å². The van der Waals surface area contributed by atoms with E-state index in [2.05, 4.69) is 5.32 Å². The van der Waals surface area contributed by atoms with Crippen molar-refractivity contribution in [1.82, 2.24) is 5.32 Å². The summed E-state index contributed by atoms with van der Waals surface area (Å²) in [5.74, 6) is -2.31. The zero-order valence-electron chi connectivity index (χ0n) is 13.2. The molecular formula is C15H18FNO6S. The van der Waals surface area contributed by atoms with E-state index in [0.29, 0.717) is 6.42 Å². The second-order valence-electron chi connectivity index (χ2n) is 5.50. The molecule has 24 heavy (non-hydrogen) atoms. The van der Waals surface area contributed by atoms with Gasteiger partial charge in [0.2, 0.25) is 0 Å². The molecule has 0 unspecified atom stereocenters. The third-order valence-electron chi connectivity index (χ3n) is 3.63. The lowest BCUT2D eigenvalue weighted by atomic mass is 10.2. The van der Waals surface area contributed by atoms with Gasteiger partial charge in [-0.2, -0.15) is 0 Å². The molecule has 1 aromatic carbocycles. The lowest BCUT2D eigenvalue weighted by Crippen LogP contribution is -2.42. The summed E-state index contributed by atoms with van der Waals surface area (Å²) in [6, 6.07) is 3.13. The number of ether oxygens (including phenoxy) is 2. The Bertz CT molecular complexity index is 748. The number of sulfone groups is 1. The highest BCUT2D eigenvalue weighted by Crippen LogP contribution is 2.18. The molecule has 0 saturated carbocycles. The average molecular weight is 359 g/mol. The second kappa shape index (κ2) is 7.16. The SMILES string of the molecule is COc1ccc(C(=O)O[C@H](C)C(=O)N[C@@H]2CCS(=O)(=O)C2)c(F)c1. The van der Waals surface area contributed by atoms with E-state index in [0.717, 1.165) is 6.07 Å². The maximum atomic E-state index is 13.8. The highest BCUT2D eigenvalue weighted by Gasteiger charge is 2.31. The Labute approximate surface area is 139 Å². The fourth-order valence-corrected chi connectivity index (χ4v) is 3.97. The van der Waals surface area contributed by atoms with Crippen LogP contribution in [0.1, 0.15) is 23.7 Å². The van der Waals surface area contributed by atoms with Crippen LogP contribution in [0.3, 0.4) is 0 Å². The molecule has 2 atom stereocenters. The van der Waals surface area contributed by atoms with E-state index in [9.17, 15) is 22.4 Å². The van der Waals surface area contributed by atoms with Gasteiger partial charge in [-0.05, 0) is 25.5 Å². The van der Waals surface area contributed by atoms with E-state index in [-0.39, 0.29) is 22.8 Å². The maximum absolute atomic E-state index is 13.8. The maximum Gasteiger partial charge on any atom is 0.341 e. The minimum absolute atomic E-state index is 0.0170. The number of carbonyl (C=O) groups is 2. The molecule has 1 aliphatic heterocycles. The summed E-state index contributed by atoms with van der Waals surface area (Å²) < 4.78 is 46.3. The van der Waals surface area contributed by atoms with Gasteiger partial charge in [0.1, 0.15) is 11.6 Å². The number of hydrogen-bond donors (Lipinski definition) is 1. The molecule has 0 aliphatic carbocycles. The molecule has 1 saturated heterocycles. The van der Waals surface area contributed by atoms with Gasteiger partial charge >= 0.3 is 5.97 Å². The van der Waals surface area contributed by atoms with Crippen molar-refractivity contribution in [1.29, 1.82) is 0 Å². The summed E-state index contributed by atoms with van der Waals surface area (Å²) in [5, 5.41) is 2.51. The van der Waals surface area contributed by atoms with Crippen LogP contribution >= 0.6 is 0 Å². The number of nitrogens with one attached hydrogen (secondary N) is 1. The molecule has 1 N–H and O–H groups in total. The lowest BCUT2D eigenvalue weighted by Gasteiger charge is -2.16. The van der Waals surface area contributed by atoms with E-state index in [4.69, 9.17) is 9.47 Å². The van der Waals surface area contributed by atoms with Crippen LogP contribution in [0.4, 0.5) is 4.39 Å². The third-order valence-corrected chi connectivity index (χ3v) is 5.40. The van der Waals surface area contributed by atoms with E-state index < -0.39 is 39.7 Å². The highest BCUT2D eigenvalue weighted by atomic mass is 32.2. The fraction of sp³-hybridized carbons (Fsp3) is 0.467. The molecule has 7 nitrogen and oxygen atoms in total. The number of rotatable bonds is 5. The molecule has 1 aromatic rings. The van der Waals surface area contributed by atoms with Crippen LogP contribution in [0.25, 0.3) is 0 Å². The van der Waals surface area contributed by atoms with Crippen molar-refractivity contribution in [3.05, 3.63) is 29.6 Å². The standard InChI is InChI=1S/C15H18FNO6S/c1-9(14(18)17-10-5-6-24(20,21)8-10)23-15(19)12-4-3-11(22-2)7-13(12)16/h3-4,7,9-10H,5-6,8H2,1-2H3,(H,17,18)/t9-,10-/m1/s1. The zero-order valence-corrected chi connectivity index (χ0v) is 14.1. The number of amides is 1.